The molecule has 8 nitrogen and oxygen atoms in total. The molecule has 2 amide bonds. The zero-order valence-corrected chi connectivity index (χ0v) is 15.0. The predicted molar refractivity (Wildman–Crippen MR) is 96.5 cm³/mol. The van der Waals surface area contributed by atoms with E-state index >= 15 is 0 Å². The summed E-state index contributed by atoms with van der Waals surface area (Å²) in [6.45, 7) is 5.99. The molecule has 0 bridgehead atoms. The number of anilines is 1. The van der Waals surface area contributed by atoms with Crippen LogP contribution in [-0.2, 0) is 11.3 Å². The van der Waals surface area contributed by atoms with Crippen molar-refractivity contribution in [2.75, 3.05) is 31.5 Å². The van der Waals surface area contributed by atoms with Crippen molar-refractivity contribution in [2.45, 2.75) is 20.4 Å². The van der Waals surface area contributed by atoms with Crippen LogP contribution < -0.4 is 5.32 Å². The van der Waals surface area contributed by atoms with Gasteiger partial charge in [0, 0.05) is 45.0 Å². The summed E-state index contributed by atoms with van der Waals surface area (Å²) >= 11 is 0. The minimum Gasteiger partial charge on any atom is -0.349 e. The summed E-state index contributed by atoms with van der Waals surface area (Å²) in [5.74, 6) is 0.303. The maximum absolute atomic E-state index is 12.7. The largest absolute Gasteiger partial charge is 0.349 e. The van der Waals surface area contributed by atoms with Gasteiger partial charge < -0.3 is 15.1 Å². The Morgan fingerprint density at radius 1 is 1.12 bits per heavy atom. The lowest BCUT2D eigenvalue weighted by atomic mass is 10.2. The first-order valence-electron chi connectivity index (χ1n) is 8.57. The minimum atomic E-state index is -0.139. The fourth-order valence-corrected chi connectivity index (χ4v) is 2.82. The van der Waals surface area contributed by atoms with Gasteiger partial charge >= 0.3 is 0 Å². The van der Waals surface area contributed by atoms with Crippen LogP contribution in [-0.4, -0.2) is 62.7 Å². The number of aromatic nitrogens is 3. The first-order valence-corrected chi connectivity index (χ1v) is 8.57. The van der Waals surface area contributed by atoms with E-state index in [4.69, 9.17) is 0 Å². The van der Waals surface area contributed by atoms with Crippen molar-refractivity contribution in [3.8, 4) is 0 Å². The average Bonchev–Trinajstić information content (AvgIpc) is 2.66. The Balaban J connectivity index is 1.67. The van der Waals surface area contributed by atoms with Crippen LogP contribution in [0.15, 0.2) is 30.5 Å². The van der Waals surface area contributed by atoms with E-state index in [1.54, 1.807) is 29.0 Å². The fourth-order valence-electron chi connectivity index (χ4n) is 2.82. The lowest BCUT2D eigenvalue weighted by Crippen LogP contribution is -2.50. The minimum absolute atomic E-state index is 0.0380. The second kappa shape index (κ2) is 7.90. The molecule has 0 radical (unpaired) electrons. The van der Waals surface area contributed by atoms with E-state index in [0.717, 1.165) is 5.69 Å². The molecule has 0 spiro atoms. The number of amides is 2. The number of carbonyl (C=O) groups excluding carboxylic acids is 2. The summed E-state index contributed by atoms with van der Waals surface area (Å²) in [7, 11) is 0. The number of carbonyl (C=O) groups is 2. The standard InChI is InChI=1S/C18H22N6O2/c1-13-11-16(17(26)24-9-7-23(8-10-24)14(2)25)22-18(21-13)20-12-15-5-3-4-6-19-15/h3-6,11H,7-10,12H2,1-2H3,(H,20,21,22). The van der Waals surface area contributed by atoms with E-state index in [1.807, 2.05) is 25.1 Å². The zero-order chi connectivity index (χ0) is 18.5. The summed E-state index contributed by atoms with van der Waals surface area (Å²) in [6, 6.07) is 7.36. The number of hydrogen-bond donors (Lipinski definition) is 1. The normalized spacial score (nSPS) is 14.2. The van der Waals surface area contributed by atoms with Crippen LogP contribution in [0.2, 0.25) is 0 Å². The van der Waals surface area contributed by atoms with E-state index in [-0.39, 0.29) is 11.8 Å². The number of aryl methyl sites for hydroxylation is 1. The summed E-state index contributed by atoms with van der Waals surface area (Å²) in [6.07, 6.45) is 1.73. The van der Waals surface area contributed by atoms with Crippen molar-refractivity contribution >= 4 is 17.8 Å². The van der Waals surface area contributed by atoms with Crippen LogP contribution >= 0.6 is 0 Å². The molecule has 1 N–H and O–H groups in total. The molecule has 26 heavy (non-hydrogen) atoms. The molecular formula is C18H22N6O2. The molecule has 2 aromatic heterocycles. The van der Waals surface area contributed by atoms with Crippen molar-refractivity contribution in [1.29, 1.82) is 0 Å². The van der Waals surface area contributed by atoms with Gasteiger partial charge in [0.05, 0.1) is 12.2 Å². The van der Waals surface area contributed by atoms with Gasteiger partial charge in [0.15, 0.2) is 0 Å². The van der Waals surface area contributed by atoms with Gasteiger partial charge in [-0.3, -0.25) is 14.6 Å². The van der Waals surface area contributed by atoms with Crippen LogP contribution in [0.5, 0.6) is 0 Å². The van der Waals surface area contributed by atoms with Crippen molar-refractivity contribution in [3.05, 3.63) is 47.5 Å². The maximum Gasteiger partial charge on any atom is 0.272 e. The molecule has 1 aliphatic rings. The lowest BCUT2D eigenvalue weighted by Gasteiger charge is -2.34. The second-order valence-electron chi connectivity index (χ2n) is 6.19. The van der Waals surface area contributed by atoms with Gasteiger partial charge in [0.2, 0.25) is 11.9 Å². The molecule has 0 atom stereocenters. The molecule has 0 aromatic carbocycles. The smallest absolute Gasteiger partial charge is 0.272 e. The molecular weight excluding hydrogens is 332 g/mol. The van der Waals surface area contributed by atoms with E-state index < -0.39 is 0 Å². The van der Waals surface area contributed by atoms with E-state index in [9.17, 15) is 9.59 Å². The van der Waals surface area contributed by atoms with Crippen LogP contribution in [0, 0.1) is 6.92 Å². The van der Waals surface area contributed by atoms with Gasteiger partial charge in [0.1, 0.15) is 5.69 Å². The highest BCUT2D eigenvalue weighted by atomic mass is 16.2. The molecule has 0 unspecified atom stereocenters. The molecule has 0 aliphatic carbocycles. The molecule has 136 valence electrons. The van der Waals surface area contributed by atoms with E-state index in [1.165, 1.54) is 0 Å². The molecule has 8 heteroatoms. The summed E-state index contributed by atoms with van der Waals surface area (Å²) < 4.78 is 0. The highest BCUT2D eigenvalue weighted by Crippen LogP contribution is 2.11. The summed E-state index contributed by atoms with van der Waals surface area (Å²) in [5, 5.41) is 3.11. The first kappa shape index (κ1) is 17.8. The van der Waals surface area contributed by atoms with Gasteiger partial charge in [0.25, 0.3) is 5.91 Å². The third-order valence-electron chi connectivity index (χ3n) is 4.24. The van der Waals surface area contributed by atoms with Gasteiger partial charge in [-0.2, -0.15) is 0 Å². The number of nitrogens with one attached hydrogen (secondary N) is 1. The first-order chi connectivity index (χ1) is 12.5. The maximum atomic E-state index is 12.7. The number of piperazine rings is 1. The Hall–Kier alpha value is -3.03. The van der Waals surface area contributed by atoms with E-state index in [2.05, 4.69) is 20.3 Å². The number of hydrogen-bond acceptors (Lipinski definition) is 6. The molecule has 3 rings (SSSR count). The van der Waals surface area contributed by atoms with Crippen LogP contribution in [0.3, 0.4) is 0 Å². The van der Waals surface area contributed by atoms with Crippen LogP contribution in [0.4, 0.5) is 5.95 Å². The molecule has 3 heterocycles. The van der Waals surface area contributed by atoms with Crippen LogP contribution in [0.1, 0.15) is 28.8 Å². The van der Waals surface area contributed by atoms with Gasteiger partial charge in [-0.25, -0.2) is 9.97 Å². The average molecular weight is 354 g/mol. The van der Waals surface area contributed by atoms with Gasteiger partial charge in [-0.1, -0.05) is 6.07 Å². The Labute approximate surface area is 152 Å². The van der Waals surface area contributed by atoms with Crippen molar-refractivity contribution < 1.29 is 9.59 Å². The predicted octanol–water partition coefficient (Wildman–Crippen LogP) is 1.10. The van der Waals surface area contributed by atoms with E-state index in [0.29, 0.717) is 50.1 Å². The number of pyridine rings is 1. The fraction of sp³-hybridized carbons (Fsp3) is 0.389. The molecule has 1 aliphatic heterocycles. The van der Waals surface area contributed by atoms with Crippen LogP contribution in [0.25, 0.3) is 0 Å². The van der Waals surface area contributed by atoms with Crippen molar-refractivity contribution in [2.24, 2.45) is 0 Å². The highest BCUT2D eigenvalue weighted by Gasteiger charge is 2.24. The monoisotopic (exact) mass is 354 g/mol. The molecule has 2 aromatic rings. The molecule has 1 fully saturated rings. The third-order valence-corrected chi connectivity index (χ3v) is 4.24. The Morgan fingerprint density at radius 3 is 2.50 bits per heavy atom. The summed E-state index contributed by atoms with van der Waals surface area (Å²) in [5.41, 5.74) is 1.94. The zero-order valence-electron chi connectivity index (χ0n) is 15.0. The Morgan fingerprint density at radius 2 is 1.85 bits per heavy atom. The SMILES string of the molecule is CC(=O)N1CCN(C(=O)c2cc(C)nc(NCc3ccccn3)n2)CC1. The Kier molecular flexibility index (Phi) is 5.40. The van der Waals surface area contributed by atoms with Gasteiger partial charge in [-0.15, -0.1) is 0 Å². The second-order valence-corrected chi connectivity index (χ2v) is 6.19. The molecule has 0 saturated carbocycles. The lowest BCUT2D eigenvalue weighted by molar-refractivity contribution is -0.130. The number of nitrogens with zero attached hydrogens (tertiary/aromatic N) is 5. The summed E-state index contributed by atoms with van der Waals surface area (Å²) in [4.78, 5) is 40.6. The van der Waals surface area contributed by atoms with Crippen molar-refractivity contribution in [3.63, 3.8) is 0 Å². The third kappa shape index (κ3) is 4.33. The Bertz CT molecular complexity index is 788. The quantitative estimate of drug-likeness (QED) is 0.884. The highest BCUT2D eigenvalue weighted by molar-refractivity contribution is 5.93. The topological polar surface area (TPSA) is 91.3 Å². The number of rotatable bonds is 4. The molecule has 1 saturated heterocycles. The van der Waals surface area contributed by atoms with Gasteiger partial charge in [-0.05, 0) is 25.1 Å². The van der Waals surface area contributed by atoms with Crippen molar-refractivity contribution in [1.82, 2.24) is 24.8 Å².